The van der Waals surface area contributed by atoms with Crippen molar-refractivity contribution < 1.29 is 9.59 Å². The minimum absolute atomic E-state index is 0.0832. The molecule has 6 heteroatoms. The van der Waals surface area contributed by atoms with Crippen molar-refractivity contribution in [3.8, 4) is 0 Å². The van der Waals surface area contributed by atoms with Gasteiger partial charge in [0.25, 0.3) is 5.91 Å². The molecule has 32 heavy (non-hydrogen) atoms. The lowest BCUT2D eigenvalue weighted by atomic mass is 10.1. The SMILES string of the molecule is CC(C)(C)NC(=O)Nc1ccc(N2CCN(C(=O)c3ccc4ccccc4c3)CC2)cc1. The second kappa shape index (κ2) is 8.91. The Kier molecular flexibility index (Phi) is 6.04. The summed E-state index contributed by atoms with van der Waals surface area (Å²) in [5, 5.41) is 7.97. The second-order valence-electron chi connectivity index (χ2n) is 9.22. The van der Waals surface area contributed by atoms with Crippen LogP contribution in [-0.4, -0.2) is 48.6 Å². The molecule has 6 nitrogen and oxygen atoms in total. The van der Waals surface area contributed by atoms with Gasteiger partial charge in [-0.15, -0.1) is 0 Å². The van der Waals surface area contributed by atoms with Crippen LogP contribution in [0.25, 0.3) is 10.8 Å². The van der Waals surface area contributed by atoms with Crippen LogP contribution in [0.2, 0.25) is 0 Å². The number of amides is 3. The number of anilines is 2. The van der Waals surface area contributed by atoms with E-state index >= 15 is 0 Å². The van der Waals surface area contributed by atoms with E-state index in [0.29, 0.717) is 13.1 Å². The molecule has 0 spiro atoms. The Labute approximate surface area is 189 Å². The van der Waals surface area contributed by atoms with Crippen molar-refractivity contribution in [1.82, 2.24) is 10.2 Å². The summed E-state index contributed by atoms with van der Waals surface area (Å²) in [5.41, 5.74) is 2.29. The number of fused-ring (bicyclic) bond motifs is 1. The standard InChI is InChI=1S/C26H30N4O2/c1-26(2,3)28-25(32)27-22-10-12-23(13-11-22)29-14-16-30(17-15-29)24(31)21-9-8-19-6-4-5-7-20(19)18-21/h4-13,18H,14-17H2,1-3H3,(H2,27,28,32). The highest BCUT2D eigenvalue weighted by molar-refractivity contribution is 5.98. The molecule has 166 valence electrons. The molecule has 0 atom stereocenters. The maximum atomic E-state index is 13.0. The number of hydrogen-bond donors (Lipinski definition) is 2. The number of benzene rings is 3. The summed E-state index contributed by atoms with van der Waals surface area (Å²) >= 11 is 0. The highest BCUT2D eigenvalue weighted by Crippen LogP contribution is 2.21. The third kappa shape index (κ3) is 5.19. The topological polar surface area (TPSA) is 64.7 Å². The zero-order valence-electron chi connectivity index (χ0n) is 18.9. The number of carbonyl (C=O) groups is 2. The third-order valence-electron chi connectivity index (χ3n) is 5.54. The van der Waals surface area contributed by atoms with Crippen LogP contribution in [0.15, 0.2) is 66.7 Å². The monoisotopic (exact) mass is 430 g/mol. The van der Waals surface area contributed by atoms with Crippen molar-refractivity contribution in [1.29, 1.82) is 0 Å². The molecule has 3 amide bonds. The Hall–Kier alpha value is -3.54. The van der Waals surface area contributed by atoms with Gasteiger partial charge in [-0.2, -0.15) is 0 Å². The smallest absolute Gasteiger partial charge is 0.319 e. The quantitative estimate of drug-likeness (QED) is 0.632. The van der Waals surface area contributed by atoms with E-state index in [1.165, 1.54) is 0 Å². The summed E-state index contributed by atoms with van der Waals surface area (Å²) in [4.78, 5) is 29.2. The Morgan fingerprint density at radius 1 is 0.812 bits per heavy atom. The van der Waals surface area contributed by atoms with Gasteiger partial charge < -0.3 is 20.4 Å². The average molecular weight is 431 g/mol. The predicted octanol–water partition coefficient (Wildman–Crippen LogP) is 4.72. The molecule has 0 aliphatic carbocycles. The summed E-state index contributed by atoms with van der Waals surface area (Å²) in [6.45, 7) is 8.74. The summed E-state index contributed by atoms with van der Waals surface area (Å²) < 4.78 is 0. The molecule has 4 rings (SSSR count). The van der Waals surface area contributed by atoms with Crippen LogP contribution in [0.1, 0.15) is 31.1 Å². The molecule has 0 saturated carbocycles. The molecule has 1 fully saturated rings. The third-order valence-corrected chi connectivity index (χ3v) is 5.54. The van der Waals surface area contributed by atoms with E-state index in [2.05, 4.69) is 21.6 Å². The number of nitrogens with zero attached hydrogens (tertiary/aromatic N) is 2. The van der Waals surface area contributed by atoms with E-state index in [9.17, 15) is 9.59 Å². The first-order valence-electron chi connectivity index (χ1n) is 11.0. The maximum absolute atomic E-state index is 13.0. The molecule has 2 N–H and O–H groups in total. The highest BCUT2D eigenvalue weighted by Gasteiger charge is 2.22. The van der Waals surface area contributed by atoms with Crippen LogP contribution in [0, 0.1) is 0 Å². The molecule has 0 unspecified atom stereocenters. The van der Waals surface area contributed by atoms with Gasteiger partial charge >= 0.3 is 6.03 Å². The second-order valence-corrected chi connectivity index (χ2v) is 9.22. The lowest BCUT2D eigenvalue weighted by Gasteiger charge is -2.36. The summed E-state index contributed by atoms with van der Waals surface area (Å²) in [5.74, 6) is 0.0832. The van der Waals surface area contributed by atoms with Crippen LogP contribution < -0.4 is 15.5 Å². The number of rotatable bonds is 3. The number of urea groups is 1. The van der Waals surface area contributed by atoms with Crippen molar-refractivity contribution >= 4 is 34.1 Å². The summed E-state index contributed by atoms with van der Waals surface area (Å²) in [6.07, 6.45) is 0. The molecular weight excluding hydrogens is 400 g/mol. The van der Waals surface area contributed by atoms with Gasteiger partial charge in [0.2, 0.25) is 0 Å². The molecule has 1 heterocycles. The van der Waals surface area contributed by atoms with E-state index in [1.807, 2.05) is 86.3 Å². The van der Waals surface area contributed by atoms with Crippen LogP contribution in [0.3, 0.4) is 0 Å². The minimum atomic E-state index is -0.284. The van der Waals surface area contributed by atoms with Crippen LogP contribution in [0.4, 0.5) is 16.2 Å². The van der Waals surface area contributed by atoms with Crippen molar-refractivity contribution in [3.63, 3.8) is 0 Å². The molecule has 1 aliphatic heterocycles. The van der Waals surface area contributed by atoms with Crippen LogP contribution >= 0.6 is 0 Å². The fourth-order valence-electron chi connectivity index (χ4n) is 3.93. The van der Waals surface area contributed by atoms with Gasteiger partial charge in [0.05, 0.1) is 0 Å². The molecule has 3 aromatic rings. The van der Waals surface area contributed by atoms with E-state index in [-0.39, 0.29) is 17.5 Å². The number of carbonyl (C=O) groups excluding carboxylic acids is 2. The van der Waals surface area contributed by atoms with Crippen LogP contribution in [0.5, 0.6) is 0 Å². The first-order chi connectivity index (χ1) is 15.3. The zero-order chi connectivity index (χ0) is 22.7. The molecule has 1 aliphatic rings. The fourth-order valence-corrected chi connectivity index (χ4v) is 3.93. The van der Waals surface area contributed by atoms with Crippen LogP contribution in [-0.2, 0) is 0 Å². The van der Waals surface area contributed by atoms with Crippen molar-refractivity contribution in [3.05, 3.63) is 72.3 Å². The van der Waals surface area contributed by atoms with Crippen molar-refractivity contribution in [2.75, 3.05) is 36.4 Å². The number of piperazine rings is 1. The Bertz CT molecular complexity index is 1110. The van der Waals surface area contributed by atoms with Gasteiger partial charge in [-0.25, -0.2) is 4.79 Å². The Morgan fingerprint density at radius 3 is 2.12 bits per heavy atom. The number of hydrogen-bond acceptors (Lipinski definition) is 3. The fraction of sp³-hybridized carbons (Fsp3) is 0.308. The molecule has 3 aromatic carbocycles. The lowest BCUT2D eigenvalue weighted by molar-refractivity contribution is 0.0747. The molecule has 0 bridgehead atoms. The van der Waals surface area contributed by atoms with Crippen molar-refractivity contribution in [2.45, 2.75) is 26.3 Å². The van der Waals surface area contributed by atoms with Gasteiger partial charge in [0.1, 0.15) is 0 Å². The van der Waals surface area contributed by atoms with Crippen molar-refractivity contribution in [2.24, 2.45) is 0 Å². The molecule has 0 radical (unpaired) electrons. The van der Waals surface area contributed by atoms with E-state index in [4.69, 9.17) is 0 Å². The lowest BCUT2D eigenvalue weighted by Crippen LogP contribution is -2.48. The first kappa shape index (κ1) is 21.7. The Balaban J connectivity index is 1.34. The average Bonchev–Trinajstić information content (AvgIpc) is 2.77. The Morgan fingerprint density at radius 2 is 1.47 bits per heavy atom. The highest BCUT2D eigenvalue weighted by atomic mass is 16.2. The zero-order valence-corrected chi connectivity index (χ0v) is 18.9. The molecular formula is C26H30N4O2. The summed E-state index contributed by atoms with van der Waals surface area (Å²) in [6, 6.07) is 21.6. The van der Waals surface area contributed by atoms with Gasteiger partial charge in [-0.05, 0) is 67.9 Å². The molecule has 0 aromatic heterocycles. The number of nitrogens with one attached hydrogen (secondary N) is 2. The summed E-state index contributed by atoms with van der Waals surface area (Å²) in [7, 11) is 0. The van der Waals surface area contributed by atoms with Gasteiger partial charge in [0, 0.05) is 48.7 Å². The largest absolute Gasteiger partial charge is 0.368 e. The molecule has 1 saturated heterocycles. The van der Waals surface area contributed by atoms with E-state index in [0.717, 1.165) is 40.8 Å². The van der Waals surface area contributed by atoms with Gasteiger partial charge in [0.15, 0.2) is 0 Å². The van der Waals surface area contributed by atoms with E-state index in [1.54, 1.807) is 0 Å². The van der Waals surface area contributed by atoms with Gasteiger partial charge in [-0.3, -0.25) is 4.79 Å². The van der Waals surface area contributed by atoms with Gasteiger partial charge in [-0.1, -0.05) is 30.3 Å². The van der Waals surface area contributed by atoms with E-state index < -0.39 is 0 Å². The first-order valence-corrected chi connectivity index (χ1v) is 11.0. The normalized spacial score (nSPS) is 14.3. The predicted molar refractivity (Wildman–Crippen MR) is 130 cm³/mol. The maximum Gasteiger partial charge on any atom is 0.319 e. The minimum Gasteiger partial charge on any atom is -0.368 e.